The molecule has 4 aromatic rings. The molecule has 0 atom stereocenters. The number of aromatic nitrogens is 2. The van der Waals surface area contributed by atoms with Gasteiger partial charge in [0.2, 0.25) is 0 Å². The van der Waals surface area contributed by atoms with Crippen LogP contribution in [0.15, 0.2) is 60.7 Å². The largest absolute Gasteiger partial charge is 0.317 e. The SMILES string of the molecule is Cc1ccc2n[c]n(Cc3cccc4ccccc34)c2c1. The maximum atomic E-state index is 4.37. The summed E-state index contributed by atoms with van der Waals surface area (Å²) in [6, 6.07) is 21.3. The van der Waals surface area contributed by atoms with Crippen LogP contribution in [0.5, 0.6) is 0 Å². The highest BCUT2D eigenvalue weighted by Crippen LogP contribution is 2.21. The van der Waals surface area contributed by atoms with Gasteiger partial charge >= 0.3 is 0 Å². The van der Waals surface area contributed by atoms with Crippen LogP contribution < -0.4 is 0 Å². The zero-order valence-corrected chi connectivity index (χ0v) is 11.9. The number of fused-ring (bicyclic) bond motifs is 2. The van der Waals surface area contributed by atoms with E-state index >= 15 is 0 Å². The number of aryl methyl sites for hydroxylation is 1. The Morgan fingerprint density at radius 1 is 1.00 bits per heavy atom. The molecule has 0 fully saturated rings. The maximum absolute atomic E-state index is 4.37. The van der Waals surface area contributed by atoms with Gasteiger partial charge in [0.1, 0.15) is 0 Å². The Labute approximate surface area is 123 Å². The van der Waals surface area contributed by atoms with Crippen LogP contribution in [-0.4, -0.2) is 9.55 Å². The van der Waals surface area contributed by atoms with Crippen molar-refractivity contribution in [1.29, 1.82) is 0 Å². The predicted molar refractivity (Wildman–Crippen MR) is 86.4 cm³/mol. The Hall–Kier alpha value is -2.61. The first-order valence-electron chi connectivity index (χ1n) is 7.12. The summed E-state index contributed by atoms with van der Waals surface area (Å²) in [5.41, 5.74) is 4.68. The van der Waals surface area contributed by atoms with E-state index in [1.165, 1.54) is 21.9 Å². The molecule has 0 N–H and O–H groups in total. The van der Waals surface area contributed by atoms with E-state index in [0.717, 1.165) is 17.6 Å². The predicted octanol–water partition coefficient (Wildman–Crippen LogP) is 4.35. The van der Waals surface area contributed by atoms with E-state index in [1.807, 2.05) is 0 Å². The standard InChI is InChI=1S/C19H15N2/c1-14-9-10-18-19(11-14)21(13-20-18)12-16-7-4-6-15-5-2-3-8-17(15)16/h2-11H,12H2,1H3. The molecule has 3 aromatic carbocycles. The van der Waals surface area contributed by atoms with Crippen LogP contribution in [0.2, 0.25) is 0 Å². The van der Waals surface area contributed by atoms with Gasteiger partial charge in [-0.1, -0.05) is 48.5 Å². The molecule has 1 radical (unpaired) electrons. The monoisotopic (exact) mass is 271 g/mol. The average Bonchev–Trinajstić information content (AvgIpc) is 2.90. The summed E-state index contributed by atoms with van der Waals surface area (Å²) < 4.78 is 2.10. The van der Waals surface area contributed by atoms with Crippen molar-refractivity contribution in [1.82, 2.24) is 9.55 Å². The van der Waals surface area contributed by atoms with Crippen LogP contribution in [0.25, 0.3) is 21.8 Å². The number of hydrogen-bond donors (Lipinski definition) is 0. The molecular formula is C19H15N2. The van der Waals surface area contributed by atoms with E-state index in [9.17, 15) is 0 Å². The molecule has 2 nitrogen and oxygen atoms in total. The van der Waals surface area contributed by atoms with Gasteiger partial charge in [0.05, 0.1) is 17.6 Å². The summed E-state index contributed by atoms with van der Waals surface area (Å²) in [7, 11) is 0. The Balaban J connectivity index is 1.85. The molecule has 2 heteroatoms. The van der Waals surface area contributed by atoms with E-state index in [-0.39, 0.29) is 0 Å². The first-order chi connectivity index (χ1) is 10.3. The first kappa shape index (κ1) is 12.2. The smallest absolute Gasteiger partial charge is 0.177 e. The van der Waals surface area contributed by atoms with Crippen LogP contribution in [0.4, 0.5) is 0 Å². The number of benzene rings is 3. The van der Waals surface area contributed by atoms with Crippen molar-refractivity contribution in [2.24, 2.45) is 0 Å². The van der Waals surface area contributed by atoms with Crippen molar-refractivity contribution >= 4 is 21.8 Å². The zero-order chi connectivity index (χ0) is 14.2. The van der Waals surface area contributed by atoms with Gasteiger partial charge in [-0.15, -0.1) is 0 Å². The van der Waals surface area contributed by atoms with E-state index < -0.39 is 0 Å². The lowest BCUT2D eigenvalue weighted by atomic mass is 10.0. The lowest BCUT2D eigenvalue weighted by molar-refractivity contribution is 0.822. The fourth-order valence-corrected chi connectivity index (χ4v) is 2.83. The van der Waals surface area contributed by atoms with Gasteiger partial charge in [-0.25, -0.2) is 4.98 Å². The van der Waals surface area contributed by atoms with Crippen LogP contribution in [0, 0.1) is 13.3 Å². The quantitative estimate of drug-likeness (QED) is 0.530. The summed E-state index contributed by atoms with van der Waals surface area (Å²) in [5.74, 6) is 0. The minimum absolute atomic E-state index is 0.793. The molecule has 0 saturated heterocycles. The molecule has 0 aliphatic carbocycles. The van der Waals surface area contributed by atoms with Gasteiger partial charge in [0.25, 0.3) is 0 Å². The second kappa shape index (κ2) is 4.74. The Bertz CT molecular complexity index is 929. The fraction of sp³-hybridized carbons (Fsp3) is 0.105. The van der Waals surface area contributed by atoms with Crippen molar-refractivity contribution < 1.29 is 0 Å². The van der Waals surface area contributed by atoms with Crippen molar-refractivity contribution in [3.63, 3.8) is 0 Å². The summed E-state index contributed by atoms with van der Waals surface area (Å²) in [5, 5.41) is 2.57. The van der Waals surface area contributed by atoms with Crippen LogP contribution >= 0.6 is 0 Å². The Morgan fingerprint density at radius 2 is 1.86 bits per heavy atom. The fourth-order valence-electron chi connectivity index (χ4n) is 2.83. The third-order valence-electron chi connectivity index (χ3n) is 3.92. The number of imidazole rings is 1. The minimum Gasteiger partial charge on any atom is -0.317 e. The highest BCUT2D eigenvalue weighted by Gasteiger charge is 2.06. The molecule has 0 aliphatic rings. The Kier molecular flexibility index (Phi) is 2.74. The lowest BCUT2D eigenvalue weighted by Crippen LogP contribution is -1.99. The van der Waals surface area contributed by atoms with Crippen molar-refractivity contribution in [3.05, 3.63) is 78.1 Å². The van der Waals surface area contributed by atoms with Gasteiger partial charge in [-0.05, 0) is 41.0 Å². The summed E-state index contributed by atoms with van der Waals surface area (Å²) in [4.78, 5) is 4.37. The molecule has 101 valence electrons. The van der Waals surface area contributed by atoms with Crippen molar-refractivity contribution in [2.45, 2.75) is 13.5 Å². The molecule has 0 aliphatic heterocycles. The Morgan fingerprint density at radius 3 is 2.81 bits per heavy atom. The highest BCUT2D eigenvalue weighted by molar-refractivity contribution is 5.86. The first-order valence-corrected chi connectivity index (χ1v) is 7.12. The molecule has 21 heavy (non-hydrogen) atoms. The zero-order valence-electron chi connectivity index (χ0n) is 11.9. The van der Waals surface area contributed by atoms with Gasteiger partial charge in [0, 0.05) is 0 Å². The van der Waals surface area contributed by atoms with E-state index in [1.54, 1.807) is 0 Å². The normalized spacial score (nSPS) is 11.3. The molecule has 1 aromatic heterocycles. The molecule has 0 saturated carbocycles. The van der Waals surface area contributed by atoms with E-state index in [0.29, 0.717) is 0 Å². The number of nitrogens with zero attached hydrogens (tertiary/aromatic N) is 2. The van der Waals surface area contributed by atoms with Gasteiger partial charge in [-0.3, -0.25) is 0 Å². The molecule has 0 amide bonds. The highest BCUT2D eigenvalue weighted by atomic mass is 15.0. The van der Waals surface area contributed by atoms with Crippen LogP contribution in [0.3, 0.4) is 0 Å². The molecule has 0 unspecified atom stereocenters. The second-order valence-corrected chi connectivity index (χ2v) is 5.43. The molecular weight excluding hydrogens is 256 g/mol. The summed E-state index contributed by atoms with van der Waals surface area (Å²) in [6.07, 6.45) is 3.12. The number of rotatable bonds is 2. The third-order valence-corrected chi connectivity index (χ3v) is 3.92. The summed E-state index contributed by atoms with van der Waals surface area (Å²) in [6.45, 7) is 2.90. The van der Waals surface area contributed by atoms with E-state index in [4.69, 9.17) is 0 Å². The second-order valence-electron chi connectivity index (χ2n) is 5.43. The number of hydrogen-bond acceptors (Lipinski definition) is 1. The molecule has 0 spiro atoms. The van der Waals surface area contributed by atoms with Crippen molar-refractivity contribution in [3.8, 4) is 0 Å². The molecule has 1 heterocycles. The van der Waals surface area contributed by atoms with Crippen molar-refractivity contribution in [2.75, 3.05) is 0 Å². The third kappa shape index (κ3) is 2.09. The van der Waals surface area contributed by atoms with Crippen LogP contribution in [0.1, 0.15) is 11.1 Å². The van der Waals surface area contributed by atoms with Crippen LogP contribution in [-0.2, 0) is 6.54 Å². The van der Waals surface area contributed by atoms with Gasteiger partial charge < -0.3 is 4.57 Å². The topological polar surface area (TPSA) is 17.8 Å². The van der Waals surface area contributed by atoms with Gasteiger partial charge in [0.15, 0.2) is 6.33 Å². The lowest BCUT2D eigenvalue weighted by Gasteiger charge is -2.08. The summed E-state index contributed by atoms with van der Waals surface area (Å²) >= 11 is 0. The average molecular weight is 271 g/mol. The minimum atomic E-state index is 0.793. The van der Waals surface area contributed by atoms with Gasteiger partial charge in [-0.2, -0.15) is 0 Å². The van der Waals surface area contributed by atoms with E-state index in [2.05, 4.69) is 83.5 Å². The molecule has 4 rings (SSSR count). The maximum Gasteiger partial charge on any atom is 0.177 e. The molecule has 0 bridgehead atoms.